The third-order valence-corrected chi connectivity index (χ3v) is 4.33. The summed E-state index contributed by atoms with van der Waals surface area (Å²) in [5, 5.41) is 10.3. The van der Waals surface area contributed by atoms with Crippen molar-refractivity contribution in [1.29, 1.82) is 0 Å². The Morgan fingerprint density at radius 3 is 2.63 bits per heavy atom. The number of rotatable bonds is 3. The summed E-state index contributed by atoms with van der Waals surface area (Å²) in [5.41, 5.74) is 5.93. The van der Waals surface area contributed by atoms with E-state index < -0.39 is 0 Å². The molecule has 0 saturated heterocycles. The van der Waals surface area contributed by atoms with Gasteiger partial charge in [0, 0.05) is 56.0 Å². The van der Waals surface area contributed by atoms with E-state index in [2.05, 4.69) is 35.1 Å². The molecule has 0 amide bonds. The van der Waals surface area contributed by atoms with Gasteiger partial charge in [-0.1, -0.05) is 47.0 Å². The summed E-state index contributed by atoms with van der Waals surface area (Å²) in [5.74, 6) is -0.0625. The fourth-order valence-corrected chi connectivity index (χ4v) is 3.06. The third kappa shape index (κ3) is 5.41. The number of nitrogens with zero attached hydrogens (tertiary/aromatic N) is 2. The molecule has 0 aliphatic carbocycles. The molecule has 0 spiro atoms. The van der Waals surface area contributed by atoms with Crippen molar-refractivity contribution >= 4 is 27.7 Å². The fourth-order valence-electron chi connectivity index (χ4n) is 3.06. The van der Waals surface area contributed by atoms with Crippen molar-refractivity contribution in [3.63, 3.8) is 0 Å². The summed E-state index contributed by atoms with van der Waals surface area (Å²) in [6, 6.07) is 11.7. The predicted molar refractivity (Wildman–Crippen MR) is 115 cm³/mol. The van der Waals surface area contributed by atoms with Crippen LogP contribution >= 0.6 is 0 Å². The Balaban J connectivity index is 0.000000350. The quantitative estimate of drug-likeness (QED) is 0.190. The predicted octanol–water partition coefficient (Wildman–Crippen LogP) is 5.75. The number of hydrogen-bond donors (Lipinski definition) is 1. The molecule has 1 N–H and O–H groups in total. The summed E-state index contributed by atoms with van der Waals surface area (Å²) in [6.07, 6.45) is 7.56. The number of aliphatic hydroxyl groups is 1. The van der Waals surface area contributed by atoms with Crippen LogP contribution in [0.3, 0.4) is 0 Å². The maximum Gasteiger partial charge on any atom is 0.155 e. The van der Waals surface area contributed by atoms with Crippen LogP contribution in [0, 0.1) is 13.0 Å². The first kappa shape index (κ1) is 23.5. The van der Waals surface area contributed by atoms with Crippen LogP contribution in [0.5, 0.6) is 0 Å². The molecular formula is C24H23IrN2O3-. The van der Waals surface area contributed by atoms with Crippen molar-refractivity contribution in [3.8, 4) is 11.3 Å². The zero-order chi connectivity index (χ0) is 21.0. The number of pyridine rings is 2. The van der Waals surface area contributed by atoms with Crippen LogP contribution in [0.1, 0.15) is 31.9 Å². The molecule has 0 bridgehead atoms. The Kier molecular flexibility index (Phi) is 8.04. The van der Waals surface area contributed by atoms with Crippen molar-refractivity contribution in [2.75, 3.05) is 0 Å². The second kappa shape index (κ2) is 10.3. The number of allylic oxidation sites excluding steroid dienone is 2. The molecule has 1 aromatic carbocycles. The third-order valence-electron chi connectivity index (χ3n) is 4.33. The zero-order valence-corrected chi connectivity index (χ0v) is 19.7. The van der Waals surface area contributed by atoms with Gasteiger partial charge in [0.15, 0.2) is 5.78 Å². The number of aliphatic hydroxyl groups excluding tert-OH is 1. The number of fused-ring (bicyclic) bond motifs is 3. The van der Waals surface area contributed by atoms with E-state index in [4.69, 9.17) is 9.52 Å². The van der Waals surface area contributed by atoms with Crippen LogP contribution in [0.15, 0.2) is 59.2 Å². The second-order valence-electron chi connectivity index (χ2n) is 6.87. The molecule has 0 saturated carbocycles. The van der Waals surface area contributed by atoms with Crippen LogP contribution in [0.4, 0.5) is 0 Å². The van der Waals surface area contributed by atoms with Gasteiger partial charge in [0.1, 0.15) is 0 Å². The molecule has 4 rings (SSSR count). The summed E-state index contributed by atoms with van der Waals surface area (Å²) < 4.78 is 5.59. The van der Waals surface area contributed by atoms with Gasteiger partial charge in [-0.15, -0.1) is 6.07 Å². The number of furan rings is 1. The molecule has 3 aromatic heterocycles. The Labute approximate surface area is 189 Å². The van der Waals surface area contributed by atoms with Crippen LogP contribution in [-0.4, -0.2) is 20.9 Å². The molecule has 0 fully saturated rings. The van der Waals surface area contributed by atoms with Gasteiger partial charge < -0.3 is 9.52 Å². The van der Waals surface area contributed by atoms with Gasteiger partial charge in [-0.2, -0.15) is 0 Å². The summed E-state index contributed by atoms with van der Waals surface area (Å²) in [7, 11) is 0. The maximum absolute atomic E-state index is 10.0. The van der Waals surface area contributed by atoms with Gasteiger partial charge >= 0.3 is 0 Å². The molecule has 6 heteroatoms. The second-order valence-corrected chi connectivity index (χ2v) is 6.87. The summed E-state index contributed by atoms with van der Waals surface area (Å²) in [6.45, 7) is 7.03. The van der Waals surface area contributed by atoms with Crippen LogP contribution in [0.25, 0.3) is 33.1 Å². The Morgan fingerprint density at radius 2 is 2.00 bits per heavy atom. The molecular weight excluding hydrogens is 556 g/mol. The normalized spacial score (nSPS) is 11.0. The van der Waals surface area contributed by atoms with E-state index in [-0.39, 0.29) is 31.6 Å². The van der Waals surface area contributed by atoms with E-state index in [9.17, 15) is 4.79 Å². The van der Waals surface area contributed by atoms with Crippen molar-refractivity contribution in [1.82, 2.24) is 9.97 Å². The Hall–Kier alpha value is -2.82. The molecule has 3 heterocycles. The number of hydrogen-bond acceptors (Lipinski definition) is 5. The molecule has 157 valence electrons. The molecule has 0 unspecified atom stereocenters. The van der Waals surface area contributed by atoms with Crippen LogP contribution in [0.2, 0.25) is 0 Å². The first-order valence-electron chi connectivity index (χ1n) is 9.41. The maximum atomic E-state index is 10.0. The largest absolute Gasteiger partial charge is 0.512 e. The van der Waals surface area contributed by atoms with Crippen molar-refractivity contribution < 1.29 is 34.4 Å². The van der Waals surface area contributed by atoms with Gasteiger partial charge in [-0.3, -0.25) is 14.8 Å². The minimum absolute atomic E-state index is 0. The number of carbonyl (C=O) groups excluding carboxylic acids is 1. The monoisotopic (exact) mass is 580 g/mol. The number of benzene rings is 1. The van der Waals surface area contributed by atoms with Crippen molar-refractivity contribution in [2.24, 2.45) is 0 Å². The van der Waals surface area contributed by atoms with Gasteiger partial charge in [-0.25, -0.2) is 0 Å². The first-order chi connectivity index (χ1) is 13.9. The van der Waals surface area contributed by atoms with Gasteiger partial charge in [0.2, 0.25) is 0 Å². The number of carbonyl (C=O) groups is 1. The molecule has 0 atom stereocenters. The number of ketones is 1. The molecule has 30 heavy (non-hydrogen) atoms. The SMILES string of the molecule is CC(=O)/C=C(/C)O.CCc1ccnc(-c2[c-]c3ccoc3c3ncc(C)cc23)c1.[Ir]. The average molecular weight is 580 g/mol. The minimum atomic E-state index is -0.125. The van der Waals surface area contributed by atoms with E-state index in [1.165, 1.54) is 25.5 Å². The Bertz CT molecular complexity index is 1210. The van der Waals surface area contributed by atoms with E-state index in [0.717, 1.165) is 45.1 Å². The number of aromatic nitrogens is 2. The van der Waals surface area contributed by atoms with Gasteiger partial charge in [0.05, 0.1) is 11.3 Å². The molecule has 1 radical (unpaired) electrons. The van der Waals surface area contributed by atoms with E-state index >= 15 is 0 Å². The standard InChI is InChI=1S/C19H15N2O.C5H8O2.Ir/c1-3-13-4-6-20-17(9-13)15-10-14-5-7-22-19(14)18-16(15)8-12(2)11-21-18;1-4(6)3-5(2)7;/h4-9,11H,3H2,1-2H3;3,6H,1-2H3;/q-1;;/b;4-3-;. The van der Waals surface area contributed by atoms with Gasteiger partial charge in [-0.05, 0) is 38.8 Å². The van der Waals surface area contributed by atoms with E-state index in [1.54, 1.807) is 6.26 Å². The first-order valence-corrected chi connectivity index (χ1v) is 9.41. The summed E-state index contributed by atoms with van der Waals surface area (Å²) in [4.78, 5) is 19.1. The minimum Gasteiger partial charge on any atom is -0.512 e. The van der Waals surface area contributed by atoms with E-state index in [1.807, 2.05) is 31.5 Å². The van der Waals surface area contributed by atoms with Crippen molar-refractivity contribution in [2.45, 2.75) is 34.1 Å². The smallest absolute Gasteiger partial charge is 0.155 e. The number of aryl methyl sites for hydroxylation is 2. The van der Waals surface area contributed by atoms with Gasteiger partial charge in [0.25, 0.3) is 0 Å². The summed E-state index contributed by atoms with van der Waals surface area (Å²) >= 11 is 0. The average Bonchev–Trinajstić information content (AvgIpc) is 3.15. The molecule has 0 aliphatic rings. The molecule has 5 nitrogen and oxygen atoms in total. The van der Waals surface area contributed by atoms with E-state index in [0.29, 0.717) is 0 Å². The fraction of sp³-hybridized carbons (Fsp3) is 0.208. The molecule has 4 aromatic rings. The zero-order valence-electron chi connectivity index (χ0n) is 17.3. The van der Waals surface area contributed by atoms with Crippen LogP contribution < -0.4 is 0 Å². The topological polar surface area (TPSA) is 76.2 Å². The Morgan fingerprint density at radius 1 is 1.23 bits per heavy atom. The molecule has 0 aliphatic heterocycles. The van der Waals surface area contributed by atoms with Crippen molar-refractivity contribution in [3.05, 3.63) is 72.0 Å². The van der Waals surface area contributed by atoms with Crippen LogP contribution in [-0.2, 0) is 31.3 Å².